The van der Waals surface area contributed by atoms with Crippen LogP contribution in [0.5, 0.6) is 0 Å². The lowest BCUT2D eigenvalue weighted by Crippen LogP contribution is -2.56. The van der Waals surface area contributed by atoms with E-state index in [0.717, 1.165) is 44.9 Å². The highest BCUT2D eigenvalue weighted by atomic mass is 16.2. The van der Waals surface area contributed by atoms with Crippen molar-refractivity contribution in [3.63, 3.8) is 0 Å². The molecule has 0 spiro atoms. The summed E-state index contributed by atoms with van der Waals surface area (Å²) in [6.07, 6.45) is 8.33. The summed E-state index contributed by atoms with van der Waals surface area (Å²) >= 11 is 0. The van der Waals surface area contributed by atoms with Crippen LogP contribution in [0.2, 0.25) is 0 Å². The van der Waals surface area contributed by atoms with E-state index in [1.165, 1.54) is 17.5 Å². The number of nitrogens with one attached hydrogen (secondary N) is 1. The maximum Gasteiger partial charge on any atom is 0.243 e. The molecule has 2 fully saturated rings. The van der Waals surface area contributed by atoms with Gasteiger partial charge in [-0.3, -0.25) is 9.59 Å². The van der Waals surface area contributed by atoms with Crippen molar-refractivity contribution in [1.82, 2.24) is 10.2 Å². The number of amides is 2. The molecule has 5 heteroatoms. The lowest BCUT2D eigenvalue weighted by atomic mass is 9.84. The zero-order chi connectivity index (χ0) is 20.5. The van der Waals surface area contributed by atoms with Crippen molar-refractivity contribution >= 4 is 11.8 Å². The molecule has 1 heterocycles. The number of hydrogen-bond donors (Lipinski definition) is 2. The second-order valence-electron chi connectivity index (χ2n) is 9.53. The third-order valence-corrected chi connectivity index (χ3v) is 7.33. The Morgan fingerprint density at radius 3 is 2.66 bits per heavy atom. The van der Waals surface area contributed by atoms with Gasteiger partial charge in [0.2, 0.25) is 11.8 Å². The summed E-state index contributed by atoms with van der Waals surface area (Å²) in [5, 5.41) is 3.31. The minimum Gasteiger partial charge on any atom is -0.347 e. The zero-order valence-corrected chi connectivity index (χ0v) is 17.8. The van der Waals surface area contributed by atoms with E-state index in [0.29, 0.717) is 5.92 Å². The van der Waals surface area contributed by atoms with Gasteiger partial charge in [-0.25, -0.2) is 0 Å². The van der Waals surface area contributed by atoms with Gasteiger partial charge >= 0.3 is 0 Å². The summed E-state index contributed by atoms with van der Waals surface area (Å²) in [6.45, 7) is 3.95. The van der Waals surface area contributed by atoms with Gasteiger partial charge < -0.3 is 16.0 Å². The minimum absolute atomic E-state index is 0.00501. The molecule has 5 unspecified atom stereocenters. The molecule has 1 aromatic rings. The Kier molecular flexibility index (Phi) is 5.95. The molecule has 2 amide bonds. The quantitative estimate of drug-likeness (QED) is 0.818. The van der Waals surface area contributed by atoms with Crippen molar-refractivity contribution < 1.29 is 9.59 Å². The van der Waals surface area contributed by atoms with Crippen LogP contribution in [-0.2, 0) is 16.0 Å². The molecular weight excluding hydrogens is 362 g/mol. The van der Waals surface area contributed by atoms with Gasteiger partial charge in [-0.2, -0.15) is 0 Å². The molecule has 0 bridgehead atoms. The molecule has 1 aromatic carbocycles. The first-order valence-corrected chi connectivity index (χ1v) is 11.4. The first-order chi connectivity index (χ1) is 14.0. The van der Waals surface area contributed by atoms with Gasteiger partial charge in [0.1, 0.15) is 6.04 Å². The Hall–Kier alpha value is -1.88. The van der Waals surface area contributed by atoms with Crippen LogP contribution in [0, 0.1) is 11.8 Å². The molecule has 3 aliphatic rings. The lowest BCUT2D eigenvalue weighted by Gasteiger charge is -2.36. The van der Waals surface area contributed by atoms with Crippen LogP contribution >= 0.6 is 0 Å². The van der Waals surface area contributed by atoms with Crippen molar-refractivity contribution in [3.05, 3.63) is 35.4 Å². The molecule has 4 rings (SSSR count). The number of benzene rings is 1. The first-order valence-electron chi connectivity index (χ1n) is 11.4. The van der Waals surface area contributed by atoms with Crippen LogP contribution in [0.3, 0.4) is 0 Å². The normalized spacial score (nSPS) is 29.9. The van der Waals surface area contributed by atoms with E-state index in [9.17, 15) is 9.59 Å². The zero-order valence-electron chi connectivity index (χ0n) is 17.8. The Labute approximate surface area is 174 Å². The predicted molar refractivity (Wildman–Crippen MR) is 114 cm³/mol. The van der Waals surface area contributed by atoms with Gasteiger partial charge in [0.15, 0.2) is 0 Å². The molecule has 158 valence electrons. The summed E-state index contributed by atoms with van der Waals surface area (Å²) in [7, 11) is 0. The Morgan fingerprint density at radius 1 is 1.10 bits per heavy atom. The van der Waals surface area contributed by atoms with Crippen LogP contribution < -0.4 is 11.1 Å². The number of hydrogen-bond acceptors (Lipinski definition) is 3. The number of likely N-dealkylation sites (tertiary alicyclic amines) is 1. The molecule has 1 saturated heterocycles. The first kappa shape index (κ1) is 20.4. The van der Waals surface area contributed by atoms with Crippen LogP contribution in [0.25, 0.3) is 0 Å². The number of nitrogens with two attached hydrogens (primary N) is 1. The third-order valence-electron chi connectivity index (χ3n) is 7.33. The number of aryl methyl sites for hydroxylation is 1. The van der Waals surface area contributed by atoms with Crippen molar-refractivity contribution in [2.45, 2.75) is 89.4 Å². The summed E-state index contributed by atoms with van der Waals surface area (Å²) < 4.78 is 0. The standard InChI is InChI=1S/C24H35N3O2/c1-15(2)22(25)24(29)27-20-13-6-4-9-17(20)14-21(27)23(28)26-19-12-7-10-16-8-3-5-11-18(16)19/h3,5,8,11,15,17,19-22H,4,6-7,9-10,12-14,25H2,1-2H3,(H,26,28). The Morgan fingerprint density at radius 2 is 1.86 bits per heavy atom. The van der Waals surface area contributed by atoms with E-state index in [-0.39, 0.29) is 35.9 Å². The van der Waals surface area contributed by atoms with Crippen molar-refractivity contribution in [2.75, 3.05) is 0 Å². The number of rotatable bonds is 4. The van der Waals surface area contributed by atoms with Gasteiger partial charge in [0, 0.05) is 6.04 Å². The van der Waals surface area contributed by atoms with E-state index in [2.05, 4.69) is 23.5 Å². The summed E-state index contributed by atoms with van der Waals surface area (Å²) in [4.78, 5) is 28.6. The fraction of sp³-hybridized carbons (Fsp3) is 0.667. The van der Waals surface area contributed by atoms with Gasteiger partial charge in [-0.15, -0.1) is 0 Å². The highest BCUT2D eigenvalue weighted by Gasteiger charge is 2.48. The Balaban J connectivity index is 1.55. The van der Waals surface area contributed by atoms with Crippen molar-refractivity contribution in [1.29, 1.82) is 0 Å². The molecule has 2 aliphatic carbocycles. The number of carbonyl (C=O) groups is 2. The minimum atomic E-state index is -0.540. The molecule has 1 saturated carbocycles. The molecule has 29 heavy (non-hydrogen) atoms. The maximum atomic E-state index is 13.4. The second-order valence-corrected chi connectivity index (χ2v) is 9.53. The maximum absolute atomic E-state index is 13.4. The average Bonchev–Trinajstić information content (AvgIpc) is 3.12. The van der Waals surface area contributed by atoms with Crippen molar-refractivity contribution in [2.24, 2.45) is 17.6 Å². The number of nitrogens with zero attached hydrogens (tertiary/aromatic N) is 1. The number of fused-ring (bicyclic) bond motifs is 2. The largest absolute Gasteiger partial charge is 0.347 e. The van der Waals surface area contributed by atoms with Gasteiger partial charge in [-0.1, -0.05) is 51.0 Å². The lowest BCUT2D eigenvalue weighted by molar-refractivity contribution is -0.143. The van der Waals surface area contributed by atoms with Gasteiger partial charge in [0.25, 0.3) is 0 Å². The molecular formula is C24H35N3O2. The SMILES string of the molecule is CC(C)C(N)C(=O)N1C(C(=O)NC2CCCc3ccccc32)CC2CCCCC21. The van der Waals surface area contributed by atoms with E-state index in [1.807, 2.05) is 24.8 Å². The van der Waals surface area contributed by atoms with E-state index >= 15 is 0 Å². The van der Waals surface area contributed by atoms with E-state index in [1.54, 1.807) is 0 Å². The molecule has 0 aromatic heterocycles. The smallest absolute Gasteiger partial charge is 0.243 e. The summed E-state index contributed by atoms with van der Waals surface area (Å²) in [6, 6.07) is 7.71. The molecule has 5 nitrogen and oxygen atoms in total. The van der Waals surface area contributed by atoms with E-state index < -0.39 is 6.04 Å². The number of carbonyl (C=O) groups excluding carboxylic acids is 2. The molecule has 0 radical (unpaired) electrons. The fourth-order valence-electron chi connectivity index (χ4n) is 5.64. The Bertz CT molecular complexity index is 762. The van der Waals surface area contributed by atoms with Crippen LogP contribution in [-0.4, -0.2) is 34.8 Å². The fourth-order valence-corrected chi connectivity index (χ4v) is 5.64. The predicted octanol–water partition coefficient (Wildman–Crippen LogP) is 3.32. The molecule has 3 N–H and O–H groups in total. The highest BCUT2D eigenvalue weighted by molar-refractivity contribution is 5.91. The van der Waals surface area contributed by atoms with Gasteiger partial charge in [-0.05, 0) is 61.5 Å². The average molecular weight is 398 g/mol. The summed E-state index contributed by atoms with van der Waals surface area (Å²) in [5.41, 5.74) is 8.82. The second kappa shape index (κ2) is 8.47. The van der Waals surface area contributed by atoms with Crippen LogP contribution in [0.15, 0.2) is 24.3 Å². The topological polar surface area (TPSA) is 75.4 Å². The monoisotopic (exact) mass is 397 g/mol. The van der Waals surface area contributed by atoms with E-state index in [4.69, 9.17) is 5.73 Å². The molecule has 5 atom stereocenters. The highest BCUT2D eigenvalue weighted by Crippen LogP contribution is 2.41. The summed E-state index contributed by atoms with van der Waals surface area (Å²) in [5.74, 6) is 0.463. The van der Waals surface area contributed by atoms with Crippen LogP contribution in [0.4, 0.5) is 0 Å². The van der Waals surface area contributed by atoms with Crippen LogP contribution in [0.1, 0.15) is 76.0 Å². The molecule has 1 aliphatic heterocycles. The third kappa shape index (κ3) is 3.94. The van der Waals surface area contributed by atoms with Gasteiger partial charge in [0.05, 0.1) is 12.1 Å². The van der Waals surface area contributed by atoms with Crippen molar-refractivity contribution in [3.8, 4) is 0 Å².